The van der Waals surface area contributed by atoms with Crippen molar-refractivity contribution in [2.24, 2.45) is 0 Å². The number of amides is 1. The van der Waals surface area contributed by atoms with Gasteiger partial charge < -0.3 is 19.5 Å². The first-order valence-corrected chi connectivity index (χ1v) is 13.8. The van der Waals surface area contributed by atoms with Crippen LogP contribution in [0.25, 0.3) is 0 Å². The van der Waals surface area contributed by atoms with Crippen molar-refractivity contribution in [3.8, 4) is 0 Å². The van der Waals surface area contributed by atoms with Crippen molar-refractivity contribution in [2.45, 2.75) is 83.8 Å². The zero-order chi connectivity index (χ0) is 28.0. The molecule has 0 aliphatic carbocycles. The van der Waals surface area contributed by atoms with Crippen LogP contribution in [0.4, 0.5) is 4.79 Å². The van der Waals surface area contributed by atoms with E-state index in [2.05, 4.69) is 5.32 Å². The lowest BCUT2D eigenvalue weighted by Crippen LogP contribution is -2.30. The van der Waals surface area contributed by atoms with Crippen molar-refractivity contribution in [1.82, 2.24) is 5.32 Å². The molecule has 1 N–H and O–H groups in total. The van der Waals surface area contributed by atoms with E-state index in [9.17, 15) is 19.2 Å². The van der Waals surface area contributed by atoms with E-state index in [0.717, 1.165) is 62.5 Å². The number of alkyl carbamates (subject to hydrolysis) is 1. The highest BCUT2D eigenvalue weighted by Crippen LogP contribution is 2.11. The van der Waals surface area contributed by atoms with E-state index in [-0.39, 0.29) is 37.7 Å². The van der Waals surface area contributed by atoms with Crippen molar-refractivity contribution < 1.29 is 33.4 Å². The second kappa shape index (κ2) is 20.3. The first-order valence-electron chi connectivity index (χ1n) is 13.8. The SMILES string of the molecule is O=C(CCC(=O)OCCCCCCCCCCC(=O)OCc1ccccc1)CNC(=O)OCc1ccccc1. The summed E-state index contributed by atoms with van der Waals surface area (Å²) in [5.41, 5.74) is 1.85. The monoisotopic (exact) mass is 539 g/mol. The van der Waals surface area contributed by atoms with Crippen molar-refractivity contribution in [3.05, 3.63) is 71.8 Å². The summed E-state index contributed by atoms with van der Waals surface area (Å²) in [5.74, 6) is -0.807. The summed E-state index contributed by atoms with van der Waals surface area (Å²) in [7, 11) is 0. The van der Waals surface area contributed by atoms with Gasteiger partial charge in [-0.25, -0.2) is 4.79 Å². The Morgan fingerprint density at radius 2 is 1.05 bits per heavy atom. The number of carbonyl (C=O) groups is 4. The van der Waals surface area contributed by atoms with Crippen LogP contribution in [0.15, 0.2) is 60.7 Å². The molecule has 0 saturated carbocycles. The average Bonchev–Trinajstić information content (AvgIpc) is 2.96. The van der Waals surface area contributed by atoms with Gasteiger partial charge in [0.1, 0.15) is 13.2 Å². The molecular weight excluding hydrogens is 498 g/mol. The molecule has 0 aliphatic rings. The number of esters is 2. The molecule has 0 atom stereocenters. The molecule has 2 rings (SSSR count). The van der Waals surface area contributed by atoms with Crippen LogP contribution in [0.5, 0.6) is 0 Å². The lowest BCUT2D eigenvalue weighted by molar-refractivity contribution is -0.145. The molecule has 2 aromatic rings. The molecule has 0 bridgehead atoms. The van der Waals surface area contributed by atoms with Crippen LogP contribution in [-0.4, -0.2) is 37.0 Å². The highest BCUT2D eigenvalue weighted by atomic mass is 16.5. The molecule has 39 heavy (non-hydrogen) atoms. The fraction of sp³-hybridized carbons (Fsp3) is 0.484. The normalized spacial score (nSPS) is 10.5. The molecule has 8 nitrogen and oxygen atoms in total. The summed E-state index contributed by atoms with van der Waals surface area (Å²) in [6.45, 7) is 0.626. The molecule has 0 unspecified atom stereocenters. The average molecular weight is 540 g/mol. The molecular formula is C31H41NO7. The standard InChI is InChI=1S/C31H41NO7/c33-28(23-32-31(36)39-25-27-17-11-8-12-18-27)20-21-30(35)37-22-14-6-4-2-1-3-5-13-19-29(34)38-24-26-15-9-7-10-16-26/h7-12,15-18H,1-6,13-14,19-25H2,(H,32,36). The van der Waals surface area contributed by atoms with E-state index >= 15 is 0 Å². The van der Waals surface area contributed by atoms with Crippen molar-refractivity contribution in [2.75, 3.05) is 13.2 Å². The third kappa shape index (κ3) is 16.7. The highest BCUT2D eigenvalue weighted by Gasteiger charge is 2.10. The van der Waals surface area contributed by atoms with Crippen LogP contribution in [0.3, 0.4) is 0 Å². The first kappa shape index (κ1) is 31.5. The van der Waals surface area contributed by atoms with Gasteiger partial charge in [-0.1, -0.05) is 99.2 Å². The Bertz CT molecular complexity index is 979. The van der Waals surface area contributed by atoms with Crippen LogP contribution in [0, 0.1) is 0 Å². The van der Waals surface area contributed by atoms with Crippen molar-refractivity contribution in [1.29, 1.82) is 0 Å². The third-order valence-electron chi connectivity index (χ3n) is 6.03. The largest absolute Gasteiger partial charge is 0.466 e. The van der Waals surface area contributed by atoms with E-state index in [0.29, 0.717) is 19.6 Å². The van der Waals surface area contributed by atoms with Gasteiger partial charge in [-0.05, 0) is 24.0 Å². The molecule has 0 fully saturated rings. The summed E-state index contributed by atoms with van der Waals surface area (Å²) in [6, 6.07) is 18.9. The Kier molecular flexibility index (Phi) is 16.4. The highest BCUT2D eigenvalue weighted by molar-refractivity contribution is 5.86. The number of unbranched alkanes of at least 4 members (excludes halogenated alkanes) is 7. The maximum absolute atomic E-state index is 11.9. The third-order valence-corrected chi connectivity index (χ3v) is 6.03. The number of nitrogens with one attached hydrogen (secondary N) is 1. The molecule has 0 radical (unpaired) electrons. The number of ether oxygens (including phenoxy) is 3. The first-order chi connectivity index (χ1) is 19.0. The zero-order valence-electron chi connectivity index (χ0n) is 22.7. The van der Waals surface area contributed by atoms with Crippen LogP contribution < -0.4 is 5.32 Å². The van der Waals surface area contributed by atoms with Gasteiger partial charge in [0.2, 0.25) is 0 Å². The summed E-state index contributed by atoms with van der Waals surface area (Å²) >= 11 is 0. The molecule has 2 aromatic carbocycles. The second-order valence-corrected chi connectivity index (χ2v) is 9.40. The minimum atomic E-state index is -0.672. The summed E-state index contributed by atoms with van der Waals surface area (Å²) in [5, 5.41) is 2.40. The Hall–Kier alpha value is -3.68. The second-order valence-electron chi connectivity index (χ2n) is 9.40. The predicted octanol–water partition coefficient (Wildman–Crippen LogP) is 6.06. The number of ketones is 1. The zero-order valence-corrected chi connectivity index (χ0v) is 22.7. The van der Waals surface area contributed by atoms with Gasteiger partial charge in [-0.2, -0.15) is 0 Å². The van der Waals surface area contributed by atoms with E-state index < -0.39 is 12.1 Å². The molecule has 212 valence electrons. The van der Waals surface area contributed by atoms with Gasteiger partial charge in [-0.3, -0.25) is 14.4 Å². The molecule has 0 aromatic heterocycles. The quantitative estimate of drug-likeness (QED) is 0.124. The fourth-order valence-corrected chi connectivity index (χ4v) is 3.78. The van der Waals surface area contributed by atoms with Gasteiger partial charge in [0, 0.05) is 12.8 Å². The van der Waals surface area contributed by atoms with Gasteiger partial charge in [0.25, 0.3) is 0 Å². The lowest BCUT2D eigenvalue weighted by Gasteiger charge is -2.07. The Balaban J connectivity index is 1.33. The van der Waals surface area contributed by atoms with Crippen LogP contribution in [0.1, 0.15) is 81.8 Å². The minimum Gasteiger partial charge on any atom is -0.466 e. The van der Waals surface area contributed by atoms with Gasteiger partial charge in [0.05, 0.1) is 19.6 Å². The fourth-order valence-electron chi connectivity index (χ4n) is 3.78. The van der Waals surface area contributed by atoms with Crippen molar-refractivity contribution >= 4 is 23.8 Å². The van der Waals surface area contributed by atoms with Gasteiger partial charge >= 0.3 is 18.0 Å². The number of hydrogen-bond donors (Lipinski definition) is 1. The smallest absolute Gasteiger partial charge is 0.407 e. The number of rotatable bonds is 20. The maximum atomic E-state index is 11.9. The number of benzene rings is 2. The summed E-state index contributed by atoms with van der Waals surface area (Å²) in [4.78, 5) is 47.2. The van der Waals surface area contributed by atoms with Crippen LogP contribution >= 0.6 is 0 Å². The molecule has 0 heterocycles. The van der Waals surface area contributed by atoms with Gasteiger partial charge in [-0.15, -0.1) is 0 Å². The molecule has 8 heteroatoms. The van der Waals surface area contributed by atoms with E-state index in [4.69, 9.17) is 14.2 Å². The Morgan fingerprint density at radius 3 is 1.67 bits per heavy atom. The summed E-state index contributed by atoms with van der Waals surface area (Å²) < 4.78 is 15.5. The predicted molar refractivity (Wildman–Crippen MR) is 148 cm³/mol. The number of hydrogen-bond acceptors (Lipinski definition) is 7. The van der Waals surface area contributed by atoms with Crippen molar-refractivity contribution in [3.63, 3.8) is 0 Å². The lowest BCUT2D eigenvalue weighted by atomic mass is 10.1. The Morgan fingerprint density at radius 1 is 0.538 bits per heavy atom. The molecule has 0 saturated heterocycles. The van der Waals surface area contributed by atoms with E-state index in [1.165, 1.54) is 0 Å². The number of Topliss-reactive ketones (excluding diaryl/α,β-unsaturated/α-hetero) is 1. The topological polar surface area (TPSA) is 108 Å². The minimum absolute atomic E-state index is 0.000621. The Labute approximate surface area is 231 Å². The van der Waals surface area contributed by atoms with Gasteiger partial charge in [0.15, 0.2) is 5.78 Å². The summed E-state index contributed by atoms with van der Waals surface area (Å²) in [6.07, 6.45) is 7.83. The van der Waals surface area contributed by atoms with E-state index in [1.54, 1.807) is 0 Å². The molecule has 0 spiro atoms. The molecule has 0 aliphatic heterocycles. The van der Waals surface area contributed by atoms with Crippen LogP contribution in [0.2, 0.25) is 0 Å². The van der Waals surface area contributed by atoms with E-state index in [1.807, 2.05) is 60.7 Å². The number of carbonyl (C=O) groups excluding carboxylic acids is 4. The maximum Gasteiger partial charge on any atom is 0.407 e. The van der Waals surface area contributed by atoms with Crippen LogP contribution in [-0.2, 0) is 41.8 Å². The molecule has 1 amide bonds.